The van der Waals surface area contributed by atoms with E-state index < -0.39 is 0 Å². The van der Waals surface area contributed by atoms with Gasteiger partial charge >= 0.3 is 0 Å². The Morgan fingerprint density at radius 2 is 1.73 bits per heavy atom. The van der Waals surface area contributed by atoms with Crippen LogP contribution in [0.3, 0.4) is 0 Å². The number of rotatable bonds is 3. The maximum absolute atomic E-state index is 2.45. The first-order valence-electron chi connectivity index (χ1n) is 4.89. The molecule has 11 heavy (non-hydrogen) atoms. The fraction of sp³-hybridized carbons (Fsp3) is 1.00. The van der Waals surface area contributed by atoms with Crippen LogP contribution in [0.1, 0.15) is 45.4 Å². The third-order valence-corrected chi connectivity index (χ3v) is 3.20. The van der Waals surface area contributed by atoms with Crippen molar-refractivity contribution < 1.29 is 0 Å². The van der Waals surface area contributed by atoms with Crippen LogP contribution in [0.4, 0.5) is 0 Å². The molecular formula is C10H21N. The summed E-state index contributed by atoms with van der Waals surface area (Å²) < 4.78 is 0. The minimum absolute atomic E-state index is 0.578. The number of hydrogen-bond acceptors (Lipinski definition) is 1. The molecule has 0 heterocycles. The van der Waals surface area contributed by atoms with E-state index in [0.717, 1.165) is 0 Å². The molecule has 0 aromatic heterocycles. The van der Waals surface area contributed by atoms with Gasteiger partial charge in [0, 0.05) is 5.54 Å². The summed E-state index contributed by atoms with van der Waals surface area (Å²) in [6.07, 6.45) is 8.45. The average molecular weight is 155 g/mol. The molecule has 1 nitrogen and oxygen atoms in total. The quantitative estimate of drug-likeness (QED) is 0.605. The molecule has 1 aliphatic carbocycles. The molecule has 66 valence electrons. The van der Waals surface area contributed by atoms with Crippen molar-refractivity contribution >= 4 is 0 Å². The highest BCUT2D eigenvalue weighted by atomic mass is 15.1. The van der Waals surface area contributed by atoms with Crippen LogP contribution in [-0.4, -0.2) is 24.5 Å². The fourth-order valence-corrected chi connectivity index (χ4v) is 2.42. The van der Waals surface area contributed by atoms with Gasteiger partial charge in [0.05, 0.1) is 0 Å². The predicted octanol–water partition coefficient (Wildman–Crippen LogP) is 2.66. The van der Waals surface area contributed by atoms with Gasteiger partial charge in [0.25, 0.3) is 0 Å². The largest absolute Gasteiger partial charge is 0.304 e. The summed E-state index contributed by atoms with van der Waals surface area (Å²) in [5, 5.41) is 0. The van der Waals surface area contributed by atoms with Crippen LogP contribution in [0.15, 0.2) is 0 Å². The zero-order valence-corrected chi connectivity index (χ0v) is 8.19. The molecule has 1 saturated carbocycles. The molecule has 1 rings (SSSR count). The molecular weight excluding hydrogens is 134 g/mol. The van der Waals surface area contributed by atoms with Gasteiger partial charge in [-0.1, -0.05) is 26.2 Å². The second-order valence-electron chi connectivity index (χ2n) is 4.08. The molecule has 0 unspecified atom stereocenters. The minimum Gasteiger partial charge on any atom is -0.304 e. The SMILES string of the molecule is CCCC1(N(C)C)CCCC1. The fourth-order valence-electron chi connectivity index (χ4n) is 2.42. The van der Waals surface area contributed by atoms with Gasteiger partial charge in [-0.25, -0.2) is 0 Å². The van der Waals surface area contributed by atoms with E-state index in [4.69, 9.17) is 0 Å². The molecule has 0 saturated heterocycles. The van der Waals surface area contributed by atoms with Gasteiger partial charge in [-0.15, -0.1) is 0 Å². The lowest BCUT2D eigenvalue weighted by atomic mass is 9.91. The van der Waals surface area contributed by atoms with Crippen LogP contribution in [-0.2, 0) is 0 Å². The topological polar surface area (TPSA) is 3.24 Å². The summed E-state index contributed by atoms with van der Waals surface area (Å²) in [5.74, 6) is 0. The molecule has 0 bridgehead atoms. The monoisotopic (exact) mass is 155 g/mol. The number of nitrogens with zero attached hydrogens (tertiary/aromatic N) is 1. The summed E-state index contributed by atoms with van der Waals surface area (Å²) in [7, 11) is 4.47. The number of hydrogen-bond donors (Lipinski definition) is 0. The Kier molecular flexibility index (Phi) is 2.94. The zero-order valence-electron chi connectivity index (χ0n) is 8.19. The Hall–Kier alpha value is -0.0400. The van der Waals surface area contributed by atoms with Crippen molar-refractivity contribution in [2.45, 2.75) is 51.0 Å². The Bertz CT molecular complexity index is 112. The smallest absolute Gasteiger partial charge is 0.0203 e. The second-order valence-corrected chi connectivity index (χ2v) is 4.08. The average Bonchev–Trinajstić information content (AvgIpc) is 2.38. The van der Waals surface area contributed by atoms with Gasteiger partial charge in [-0.05, 0) is 33.4 Å². The maximum Gasteiger partial charge on any atom is 0.0203 e. The van der Waals surface area contributed by atoms with Crippen molar-refractivity contribution in [2.24, 2.45) is 0 Å². The normalized spacial score (nSPS) is 22.9. The standard InChI is InChI=1S/C10H21N/c1-4-7-10(11(2)3)8-5-6-9-10/h4-9H2,1-3H3. The van der Waals surface area contributed by atoms with Crippen molar-refractivity contribution in [1.29, 1.82) is 0 Å². The molecule has 1 heteroatoms. The van der Waals surface area contributed by atoms with E-state index in [9.17, 15) is 0 Å². The lowest BCUT2D eigenvalue weighted by Gasteiger charge is -2.36. The molecule has 0 N–H and O–H groups in total. The minimum atomic E-state index is 0.578. The van der Waals surface area contributed by atoms with Crippen LogP contribution >= 0.6 is 0 Å². The molecule has 0 radical (unpaired) electrons. The molecule has 0 aliphatic heterocycles. The van der Waals surface area contributed by atoms with Gasteiger partial charge in [0.1, 0.15) is 0 Å². The summed E-state index contributed by atoms with van der Waals surface area (Å²) in [6.45, 7) is 2.30. The Balaban J connectivity index is 2.55. The third kappa shape index (κ3) is 1.76. The van der Waals surface area contributed by atoms with Crippen LogP contribution in [0.2, 0.25) is 0 Å². The highest BCUT2D eigenvalue weighted by Gasteiger charge is 2.34. The van der Waals surface area contributed by atoms with E-state index in [-0.39, 0.29) is 0 Å². The van der Waals surface area contributed by atoms with Crippen molar-refractivity contribution in [3.05, 3.63) is 0 Å². The third-order valence-electron chi connectivity index (χ3n) is 3.20. The second kappa shape index (κ2) is 3.57. The van der Waals surface area contributed by atoms with E-state index in [1.807, 2.05) is 0 Å². The molecule has 1 fully saturated rings. The van der Waals surface area contributed by atoms with Gasteiger partial charge in [-0.2, -0.15) is 0 Å². The highest BCUT2D eigenvalue weighted by molar-refractivity contribution is 4.91. The van der Waals surface area contributed by atoms with E-state index in [1.54, 1.807) is 0 Å². The predicted molar refractivity (Wildman–Crippen MR) is 49.8 cm³/mol. The van der Waals surface area contributed by atoms with Crippen molar-refractivity contribution in [2.75, 3.05) is 14.1 Å². The molecule has 0 atom stereocenters. The summed E-state index contributed by atoms with van der Waals surface area (Å²) in [5.41, 5.74) is 0.578. The first-order valence-corrected chi connectivity index (χ1v) is 4.89. The van der Waals surface area contributed by atoms with Crippen LogP contribution in [0.5, 0.6) is 0 Å². The lowest BCUT2D eigenvalue weighted by molar-refractivity contribution is 0.144. The molecule has 0 aromatic rings. The first kappa shape index (κ1) is 9.05. The summed E-state index contributed by atoms with van der Waals surface area (Å²) in [6, 6.07) is 0. The van der Waals surface area contributed by atoms with Crippen molar-refractivity contribution in [1.82, 2.24) is 4.90 Å². The lowest BCUT2D eigenvalue weighted by Crippen LogP contribution is -2.41. The molecule has 0 amide bonds. The van der Waals surface area contributed by atoms with Gasteiger partial charge in [0.15, 0.2) is 0 Å². The maximum atomic E-state index is 2.45. The van der Waals surface area contributed by atoms with Gasteiger partial charge in [-0.3, -0.25) is 0 Å². The van der Waals surface area contributed by atoms with E-state index in [1.165, 1.54) is 38.5 Å². The van der Waals surface area contributed by atoms with Gasteiger partial charge in [0.2, 0.25) is 0 Å². The zero-order chi connectivity index (χ0) is 8.32. The highest BCUT2D eigenvalue weighted by Crippen LogP contribution is 2.37. The van der Waals surface area contributed by atoms with Crippen LogP contribution < -0.4 is 0 Å². The van der Waals surface area contributed by atoms with Crippen LogP contribution in [0, 0.1) is 0 Å². The van der Waals surface area contributed by atoms with Crippen molar-refractivity contribution in [3.63, 3.8) is 0 Å². The Labute approximate surface area is 70.8 Å². The molecule has 0 spiro atoms. The molecule has 1 aliphatic rings. The molecule has 0 aromatic carbocycles. The first-order chi connectivity index (χ1) is 5.21. The summed E-state index contributed by atoms with van der Waals surface area (Å²) >= 11 is 0. The van der Waals surface area contributed by atoms with Crippen LogP contribution in [0.25, 0.3) is 0 Å². The van der Waals surface area contributed by atoms with E-state index >= 15 is 0 Å². The van der Waals surface area contributed by atoms with E-state index in [0.29, 0.717) is 5.54 Å². The van der Waals surface area contributed by atoms with E-state index in [2.05, 4.69) is 25.9 Å². The summed E-state index contributed by atoms with van der Waals surface area (Å²) in [4.78, 5) is 2.45. The Morgan fingerprint density at radius 1 is 1.18 bits per heavy atom. The Morgan fingerprint density at radius 3 is 2.09 bits per heavy atom. The van der Waals surface area contributed by atoms with Gasteiger partial charge < -0.3 is 4.90 Å². The van der Waals surface area contributed by atoms with Crippen molar-refractivity contribution in [3.8, 4) is 0 Å².